The molecule has 2 aromatic rings. The summed E-state index contributed by atoms with van der Waals surface area (Å²) in [6.45, 7) is 4.45. The van der Waals surface area contributed by atoms with Crippen LogP contribution in [0.2, 0.25) is 0 Å². The van der Waals surface area contributed by atoms with Crippen molar-refractivity contribution in [3.8, 4) is 11.4 Å². The monoisotopic (exact) mass is 380 g/mol. The van der Waals surface area contributed by atoms with Gasteiger partial charge in [0.1, 0.15) is 5.82 Å². The number of aromatic nitrogens is 4. The molecule has 3 rings (SSSR count). The third-order valence-corrected chi connectivity index (χ3v) is 6.10. The van der Waals surface area contributed by atoms with Crippen molar-refractivity contribution in [3.05, 3.63) is 36.2 Å². The Morgan fingerprint density at radius 1 is 0.750 bits per heavy atom. The van der Waals surface area contributed by atoms with Gasteiger partial charge in [-0.25, -0.2) is 19.9 Å². The SMILES string of the molecule is CCCCCCC[C@H]1CC[C@H](c2ncc(-c3ncc(CCC)cn3)cn2)CC1. The summed E-state index contributed by atoms with van der Waals surface area (Å²) < 4.78 is 0. The van der Waals surface area contributed by atoms with Crippen LogP contribution in [0.4, 0.5) is 0 Å². The average Bonchev–Trinajstić information content (AvgIpc) is 2.75. The maximum Gasteiger partial charge on any atom is 0.162 e. The minimum Gasteiger partial charge on any atom is -0.240 e. The maximum absolute atomic E-state index is 4.67. The van der Waals surface area contributed by atoms with Crippen LogP contribution in [0.3, 0.4) is 0 Å². The Morgan fingerprint density at radius 2 is 1.43 bits per heavy atom. The molecule has 4 heteroatoms. The number of unbranched alkanes of at least 4 members (excludes halogenated alkanes) is 4. The molecule has 0 saturated heterocycles. The van der Waals surface area contributed by atoms with Crippen molar-refractivity contribution in [2.45, 2.75) is 96.8 Å². The van der Waals surface area contributed by atoms with Gasteiger partial charge in [-0.3, -0.25) is 0 Å². The Bertz CT molecular complexity index is 673. The highest BCUT2D eigenvalue weighted by Crippen LogP contribution is 2.36. The van der Waals surface area contributed by atoms with E-state index in [2.05, 4.69) is 33.8 Å². The highest BCUT2D eigenvalue weighted by Gasteiger charge is 2.24. The minimum absolute atomic E-state index is 0.526. The van der Waals surface area contributed by atoms with Crippen molar-refractivity contribution in [1.82, 2.24) is 19.9 Å². The molecule has 2 heterocycles. The van der Waals surface area contributed by atoms with Crippen molar-refractivity contribution in [1.29, 1.82) is 0 Å². The van der Waals surface area contributed by atoms with Gasteiger partial charge in [-0.05, 0) is 43.6 Å². The first-order valence-electron chi connectivity index (χ1n) is 11.4. The van der Waals surface area contributed by atoms with Gasteiger partial charge < -0.3 is 0 Å². The average molecular weight is 381 g/mol. The molecular weight excluding hydrogens is 344 g/mol. The Balaban J connectivity index is 1.46. The molecule has 0 aromatic carbocycles. The van der Waals surface area contributed by atoms with Crippen molar-refractivity contribution < 1.29 is 0 Å². The van der Waals surface area contributed by atoms with E-state index in [1.807, 2.05) is 24.8 Å². The van der Waals surface area contributed by atoms with E-state index in [0.717, 1.165) is 36.0 Å². The molecule has 0 amide bonds. The first-order chi connectivity index (χ1) is 13.8. The Labute approximate surface area is 170 Å². The maximum atomic E-state index is 4.67. The molecular formula is C24H36N4. The summed E-state index contributed by atoms with van der Waals surface area (Å²) in [6.07, 6.45) is 23.3. The molecule has 0 bridgehead atoms. The zero-order valence-electron chi connectivity index (χ0n) is 17.7. The van der Waals surface area contributed by atoms with E-state index >= 15 is 0 Å². The summed E-state index contributed by atoms with van der Waals surface area (Å²) in [5.74, 6) is 3.18. The van der Waals surface area contributed by atoms with E-state index in [1.54, 1.807) is 0 Å². The van der Waals surface area contributed by atoms with Gasteiger partial charge in [0, 0.05) is 30.7 Å². The van der Waals surface area contributed by atoms with Crippen LogP contribution in [0.1, 0.15) is 102 Å². The number of nitrogens with zero attached hydrogens (tertiary/aromatic N) is 4. The van der Waals surface area contributed by atoms with Crippen LogP contribution in [-0.4, -0.2) is 19.9 Å². The topological polar surface area (TPSA) is 51.6 Å². The quantitative estimate of drug-likeness (QED) is 0.440. The normalized spacial score (nSPS) is 19.6. The standard InChI is InChI=1S/C24H36N4/c1-3-5-6-7-8-10-19-11-13-21(14-12-19)23-27-17-22(18-28-23)24-25-15-20(9-4-2)16-26-24/h15-19,21H,3-14H2,1-2H3/t19-,21-. The number of hydrogen-bond acceptors (Lipinski definition) is 4. The van der Waals surface area contributed by atoms with Crippen LogP contribution in [0.15, 0.2) is 24.8 Å². The summed E-state index contributed by atoms with van der Waals surface area (Å²) in [7, 11) is 0. The molecule has 0 radical (unpaired) electrons. The molecule has 1 aliphatic carbocycles. The van der Waals surface area contributed by atoms with Crippen molar-refractivity contribution in [3.63, 3.8) is 0 Å². The molecule has 1 aliphatic rings. The lowest BCUT2D eigenvalue weighted by molar-refractivity contribution is 0.296. The molecule has 0 spiro atoms. The first kappa shape index (κ1) is 20.9. The van der Waals surface area contributed by atoms with Gasteiger partial charge in [0.25, 0.3) is 0 Å². The van der Waals surface area contributed by atoms with Gasteiger partial charge in [0.15, 0.2) is 5.82 Å². The molecule has 1 fully saturated rings. The summed E-state index contributed by atoms with van der Waals surface area (Å²) in [6, 6.07) is 0. The fourth-order valence-corrected chi connectivity index (χ4v) is 4.33. The van der Waals surface area contributed by atoms with Crippen LogP contribution >= 0.6 is 0 Å². The van der Waals surface area contributed by atoms with Crippen molar-refractivity contribution in [2.75, 3.05) is 0 Å². The summed E-state index contributed by atoms with van der Waals surface area (Å²) in [5.41, 5.74) is 2.10. The Morgan fingerprint density at radius 3 is 2.07 bits per heavy atom. The van der Waals surface area contributed by atoms with E-state index in [0.29, 0.717) is 5.92 Å². The van der Waals surface area contributed by atoms with Gasteiger partial charge in [0.2, 0.25) is 0 Å². The van der Waals surface area contributed by atoms with E-state index in [9.17, 15) is 0 Å². The molecule has 1 saturated carbocycles. The highest BCUT2D eigenvalue weighted by molar-refractivity contribution is 5.51. The second kappa shape index (κ2) is 11.2. The number of aryl methyl sites for hydroxylation is 1. The summed E-state index contributed by atoms with van der Waals surface area (Å²) in [5, 5.41) is 0. The zero-order valence-corrected chi connectivity index (χ0v) is 17.7. The second-order valence-corrected chi connectivity index (χ2v) is 8.42. The van der Waals surface area contributed by atoms with E-state index < -0.39 is 0 Å². The fraction of sp³-hybridized carbons (Fsp3) is 0.667. The zero-order chi connectivity index (χ0) is 19.6. The van der Waals surface area contributed by atoms with Crippen LogP contribution < -0.4 is 0 Å². The molecule has 152 valence electrons. The number of rotatable bonds is 10. The van der Waals surface area contributed by atoms with E-state index in [1.165, 1.54) is 69.8 Å². The Kier molecular flexibility index (Phi) is 8.38. The van der Waals surface area contributed by atoms with Gasteiger partial charge >= 0.3 is 0 Å². The lowest BCUT2D eigenvalue weighted by Crippen LogP contribution is -2.15. The fourth-order valence-electron chi connectivity index (χ4n) is 4.33. The molecule has 28 heavy (non-hydrogen) atoms. The van der Waals surface area contributed by atoms with Gasteiger partial charge in [-0.1, -0.05) is 58.8 Å². The third kappa shape index (κ3) is 6.08. The van der Waals surface area contributed by atoms with Crippen LogP contribution in [0.25, 0.3) is 11.4 Å². The lowest BCUT2D eigenvalue weighted by Gasteiger charge is -2.27. The smallest absolute Gasteiger partial charge is 0.162 e. The number of hydrogen-bond donors (Lipinski definition) is 0. The van der Waals surface area contributed by atoms with E-state index in [4.69, 9.17) is 0 Å². The van der Waals surface area contributed by atoms with Crippen LogP contribution in [-0.2, 0) is 6.42 Å². The first-order valence-corrected chi connectivity index (χ1v) is 11.4. The second-order valence-electron chi connectivity index (χ2n) is 8.42. The summed E-state index contributed by atoms with van der Waals surface area (Å²) >= 11 is 0. The largest absolute Gasteiger partial charge is 0.240 e. The van der Waals surface area contributed by atoms with Crippen LogP contribution in [0.5, 0.6) is 0 Å². The molecule has 4 nitrogen and oxygen atoms in total. The summed E-state index contributed by atoms with van der Waals surface area (Å²) in [4.78, 5) is 18.3. The Hall–Kier alpha value is -1.84. The molecule has 0 N–H and O–H groups in total. The molecule has 0 atom stereocenters. The highest BCUT2D eigenvalue weighted by atomic mass is 14.9. The third-order valence-electron chi connectivity index (χ3n) is 6.10. The van der Waals surface area contributed by atoms with Crippen molar-refractivity contribution in [2.24, 2.45) is 5.92 Å². The molecule has 0 unspecified atom stereocenters. The van der Waals surface area contributed by atoms with Crippen LogP contribution in [0, 0.1) is 5.92 Å². The van der Waals surface area contributed by atoms with Gasteiger partial charge in [0.05, 0.1) is 5.56 Å². The van der Waals surface area contributed by atoms with Crippen molar-refractivity contribution >= 4 is 0 Å². The van der Waals surface area contributed by atoms with Gasteiger partial charge in [-0.15, -0.1) is 0 Å². The molecule has 0 aliphatic heterocycles. The van der Waals surface area contributed by atoms with Gasteiger partial charge in [-0.2, -0.15) is 0 Å². The van der Waals surface area contributed by atoms with E-state index in [-0.39, 0.29) is 0 Å². The minimum atomic E-state index is 0.526. The predicted octanol–water partition coefficient (Wildman–Crippen LogP) is 6.52. The lowest BCUT2D eigenvalue weighted by atomic mass is 9.79. The predicted molar refractivity (Wildman–Crippen MR) is 115 cm³/mol. The molecule has 2 aromatic heterocycles.